The normalized spacial score (nSPS) is 23.5. The second-order valence-corrected chi connectivity index (χ2v) is 22.9. The number of amides is 11. The van der Waals surface area contributed by atoms with Gasteiger partial charge >= 0.3 is 0 Å². The van der Waals surface area contributed by atoms with Crippen molar-refractivity contribution in [2.45, 2.75) is 157 Å². The van der Waals surface area contributed by atoms with Gasteiger partial charge in [-0.25, -0.2) is 0 Å². The Labute approximate surface area is 459 Å². The van der Waals surface area contributed by atoms with Crippen molar-refractivity contribution < 1.29 is 52.7 Å². The Kier molecular flexibility index (Phi) is 23.4. The molecule has 5 rings (SSSR count). The van der Waals surface area contributed by atoms with Crippen molar-refractivity contribution in [2.24, 2.45) is 39.6 Å². The quantitative estimate of drug-likeness (QED) is 0.0311. The number of nitrogens with zero attached hydrogens (tertiary/aromatic N) is 2. The Morgan fingerprint density at radius 1 is 0.821 bits per heavy atom. The molecule has 8 atom stereocenters. The number of guanidine groups is 1. The molecular formula is C50H75N15O11S2. The van der Waals surface area contributed by atoms with Crippen molar-refractivity contribution in [3.8, 4) is 0 Å². The fourth-order valence-corrected chi connectivity index (χ4v) is 13.1. The van der Waals surface area contributed by atoms with Gasteiger partial charge in [0.25, 0.3) is 0 Å². The maximum absolute atomic E-state index is 14.9. The topological polar surface area (TPSA) is 433 Å². The van der Waals surface area contributed by atoms with Crippen molar-refractivity contribution in [3.05, 3.63) is 36.0 Å². The zero-order valence-electron chi connectivity index (χ0n) is 44.0. The number of benzene rings is 1. The molecule has 3 fully saturated rings. The molecule has 3 aliphatic rings. The van der Waals surface area contributed by atoms with Gasteiger partial charge < -0.3 is 75.8 Å². The highest BCUT2D eigenvalue weighted by atomic mass is 33.1. The molecule has 1 spiro atoms. The monoisotopic (exact) mass is 1130 g/mol. The number of hydrogen-bond acceptors (Lipinski definition) is 14. The molecule has 2 aliphatic heterocycles. The first-order valence-electron chi connectivity index (χ1n) is 26.3. The minimum atomic E-state index is -1.75. The molecule has 26 nitrogen and oxygen atoms in total. The van der Waals surface area contributed by atoms with E-state index in [1.165, 1.54) is 26.5 Å². The lowest BCUT2D eigenvalue weighted by molar-refractivity contribution is -0.142. The first-order valence-corrected chi connectivity index (χ1v) is 28.6. The fourth-order valence-electron chi connectivity index (χ4n) is 9.72. The number of H-pyrrole nitrogens is 1. The van der Waals surface area contributed by atoms with Gasteiger partial charge in [0.1, 0.15) is 42.3 Å². The summed E-state index contributed by atoms with van der Waals surface area (Å²) in [6, 6.07) is -2.17. The zero-order chi connectivity index (χ0) is 57.1. The number of nitrogens with two attached hydrogens (primary N) is 5. The van der Waals surface area contributed by atoms with Gasteiger partial charge in [-0.2, -0.15) is 0 Å². The Morgan fingerprint density at radius 2 is 1.51 bits per heavy atom. The first kappa shape index (κ1) is 61.7. The highest BCUT2D eigenvalue weighted by molar-refractivity contribution is 8.77. The van der Waals surface area contributed by atoms with Gasteiger partial charge in [-0.1, -0.05) is 79.3 Å². The summed E-state index contributed by atoms with van der Waals surface area (Å²) in [4.78, 5) is 159. The number of fused-ring (bicyclic) bond motifs is 1. The van der Waals surface area contributed by atoms with Crippen LogP contribution in [0.3, 0.4) is 0 Å². The van der Waals surface area contributed by atoms with Crippen LogP contribution in [-0.2, 0) is 59.2 Å². The number of primary amides is 3. The lowest BCUT2D eigenvalue weighted by Crippen LogP contribution is -2.61. The van der Waals surface area contributed by atoms with E-state index < -0.39 is 137 Å². The van der Waals surface area contributed by atoms with E-state index in [4.69, 9.17) is 28.7 Å². The van der Waals surface area contributed by atoms with E-state index in [0.29, 0.717) is 25.7 Å². The van der Waals surface area contributed by atoms with E-state index >= 15 is 0 Å². The maximum Gasteiger partial charge on any atom is 0.246 e. The van der Waals surface area contributed by atoms with E-state index in [9.17, 15) is 52.7 Å². The molecule has 78 heavy (non-hydrogen) atoms. The number of nitrogens with one attached hydrogen (secondary N) is 8. The minimum Gasteiger partial charge on any atom is -0.370 e. The van der Waals surface area contributed by atoms with Crippen LogP contribution < -0.4 is 65.9 Å². The predicted molar refractivity (Wildman–Crippen MR) is 293 cm³/mol. The Hall–Kier alpha value is -7.10. The van der Waals surface area contributed by atoms with Crippen LogP contribution in [0.4, 0.5) is 0 Å². The number of likely N-dealkylation sites (tertiary alicyclic amines) is 1. The Bertz CT molecular complexity index is 2550. The third-order valence-electron chi connectivity index (χ3n) is 14.1. The zero-order valence-corrected chi connectivity index (χ0v) is 45.7. The summed E-state index contributed by atoms with van der Waals surface area (Å²) >= 11 is 0. The molecule has 28 heteroatoms. The smallest absolute Gasteiger partial charge is 0.246 e. The molecule has 0 bridgehead atoms. The van der Waals surface area contributed by atoms with Gasteiger partial charge in [0.15, 0.2) is 5.96 Å². The van der Waals surface area contributed by atoms with Crippen LogP contribution in [0.5, 0.6) is 0 Å². The van der Waals surface area contributed by atoms with Crippen LogP contribution in [0.2, 0.25) is 0 Å². The molecule has 1 aromatic heterocycles. The summed E-state index contributed by atoms with van der Waals surface area (Å²) < 4.78 is -0.726. The number of aromatic nitrogens is 1. The van der Waals surface area contributed by atoms with E-state index in [-0.39, 0.29) is 63.3 Å². The molecule has 2 aromatic rings. The predicted octanol–water partition coefficient (Wildman–Crippen LogP) is -2.06. The largest absolute Gasteiger partial charge is 0.370 e. The lowest BCUT2D eigenvalue weighted by Gasteiger charge is -2.37. The average Bonchev–Trinajstić information content (AvgIpc) is 4.07. The number of aromatic amines is 1. The molecule has 3 heterocycles. The molecule has 1 aliphatic carbocycles. The fraction of sp³-hybridized carbons (Fsp3) is 0.600. The molecule has 1 aromatic carbocycles. The summed E-state index contributed by atoms with van der Waals surface area (Å²) in [7, 11) is 2.54. The number of rotatable bonds is 19. The SMILES string of the molecule is CC[C@@H](C)[C@H]1NC(=O)[C@@H](Cc2c[nH]c3ccccc23)NC(=O)CC2(CCCCC2)SSC[C@@H](C(=O)N2CCC[C@H]2C(=O)N[C@@H](CCCN=C(N)N)C(=O)NCC(N)=O)NC(=O)[C@H](CC(N)=O)NC(=O)[C@H](CCC(N)=O)NC1=O. The van der Waals surface area contributed by atoms with Crippen LogP contribution in [0.25, 0.3) is 10.9 Å². The van der Waals surface area contributed by atoms with E-state index in [0.717, 1.165) is 35.7 Å². The number of aliphatic imine (C=N–C) groups is 1. The maximum atomic E-state index is 14.9. The molecule has 11 amide bonds. The summed E-state index contributed by atoms with van der Waals surface area (Å²) in [5.74, 6) is -9.80. The van der Waals surface area contributed by atoms with Crippen LogP contribution in [0.15, 0.2) is 35.5 Å². The second kappa shape index (κ2) is 29.6. The van der Waals surface area contributed by atoms with Gasteiger partial charge in [-0.05, 0) is 62.5 Å². The number of hydrogen-bond donors (Lipinski definition) is 13. The van der Waals surface area contributed by atoms with Crippen molar-refractivity contribution in [2.75, 3.05) is 25.4 Å². The van der Waals surface area contributed by atoms with Gasteiger partial charge in [0.2, 0.25) is 65.0 Å². The molecule has 0 radical (unpaired) electrons. The van der Waals surface area contributed by atoms with Crippen molar-refractivity contribution in [1.29, 1.82) is 0 Å². The minimum absolute atomic E-state index is 0.0243. The average molecular weight is 1130 g/mol. The standard InChI is InChI=1S/C50H75N15O11S2/c1-3-27(2)41-47(75)61-32(15-16-37(51)66)43(71)62-34(22-38(52)67)44(72)63-35(48(76)65-20-10-14-36(65)46(74)60-31(13-9-19-56-49(54)55)42(70)58-25-39(53)68)26-77-78-50(17-7-4-8-18-50)23-40(69)59-33(45(73)64-41)21-28-24-57-30-12-6-5-11-29(28)30/h5-6,11-12,24,27,31-36,41,57H,3-4,7-10,13-23,25-26H2,1-2H3,(H2,51,66)(H2,52,67)(H2,53,68)(H,58,70)(H,59,69)(H,60,74)(H,61,75)(H,62,71)(H,63,72)(H,64,73)(H4,54,55,56)/t27-,31+,32+,33-,34+,35+,36+,41-/m1/s1. The van der Waals surface area contributed by atoms with E-state index in [2.05, 4.69) is 47.2 Å². The van der Waals surface area contributed by atoms with Gasteiger partial charge in [0, 0.05) is 60.0 Å². The van der Waals surface area contributed by atoms with Crippen molar-refractivity contribution in [3.63, 3.8) is 0 Å². The van der Waals surface area contributed by atoms with E-state index in [1.807, 2.05) is 24.3 Å². The molecule has 2 saturated heterocycles. The van der Waals surface area contributed by atoms with Gasteiger partial charge in [-0.3, -0.25) is 57.7 Å². The first-order chi connectivity index (χ1) is 37.1. The number of para-hydroxylation sites is 1. The lowest BCUT2D eigenvalue weighted by atomic mass is 9.85. The summed E-state index contributed by atoms with van der Waals surface area (Å²) in [5.41, 5.74) is 28.8. The third-order valence-corrected chi connectivity index (χ3v) is 17.4. The van der Waals surface area contributed by atoms with Crippen LogP contribution in [-0.4, -0.2) is 153 Å². The van der Waals surface area contributed by atoms with Crippen LogP contribution >= 0.6 is 21.6 Å². The Morgan fingerprint density at radius 3 is 2.19 bits per heavy atom. The highest BCUT2D eigenvalue weighted by Gasteiger charge is 2.42. The van der Waals surface area contributed by atoms with Crippen LogP contribution in [0, 0.1) is 5.92 Å². The number of carbonyl (C=O) groups excluding carboxylic acids is 11. The highest BCUT2D eigenvalue weighted by Crippen LogP contribution is 2.48. The van der Waals surface area contributed by atoms with Crippen LogP contribution in [0.1, 0.15) is 109 Å². The van der Waals surface area contributed by atoms with Gasteiger partial charge in [-0.15, -0.1) is 0 Å². The van der Waals surface area contributed by atoms with Gasteiger partial charge in [0.05, 0.1) is 13.0 Å². The summed E-state index contributed by atoms with van der Waals surface area (Å²) in [6.45, 7) is 3.14. The molecule has 0 unspecified atom stereocenters. The summed E-state index contributed by atoms with van der Waals surface area (Å²) in [5, 5.41) is 19.4. The van der Waals surface area contributed by atoms with Crippen molar-refractivity contribution in [1.82, 2.24) is 47.1 Å². The molecular weight excluding hydrogens is 1050 g/mol. The van der Waals surface area contributed by atoms with Crippen molar-refractivity contribution >= 4 is 103 Å². The summed E-state index contributed by atoms with van der Waals surface area (Å²) in [6.07, 6.45) is 4.84. The molecule has 1 saturated carbocycles. The molecule has 18 N–H and O–H groups in total. The molecule has 428 valence electrons. The van der Waals surface area contributed by atoms with E-state index in [1.54, 1.807) is 20.0 Å². The number of carbonyl (C=O) groups is 11. The second-order valence-electron chi connectivity index (χ2n) is 20.1. The third kappa shape index (κ3) is 18.3. The Balaban J connectivity index is 1.53.